The summed E-state index contributed by atoms with van der Waals surface area (Å²) >= 11 is 0. The number of aromatic carboxylic acids is 1. The van der Waals surface area contributed by atoms with E-state index in [1.807, 2.05) is 37.3 Å². The van der Waals surface area contributed by atoms with Crippen molar-refractivity contribution in [3.05, 3.63) is 65.7 Å². The maximum Gasteiger partial charge on any atom is 0.335 e. The highest BCUT2D eigenvalue weighted by Crippen LogP contribution is 2.26. The molecule has 6 nitrogen and oxygen atoms in total. The van der Waals surface area contributed by atoms with E-state index < -0.39 is 12.0 Å². The van der Waals surface area contributed by atoms with Crippen LogP contribution in [0.15, 0.2) is 54.6 Å². The monoisotopic (exact) mass is 352 g/mol. The van der Waals surface area contributed by atoms with Crippen molar-refractivity contribution in [3.63, 3.8) is 0 Å². The highest BCUT2D eigenvalue weighted by molar-refractivity contribution is 6.02. The number of hydrogen-bond acceptors (Lipinski definition) is 3. The first-order chi connectivity index (χ1) is 12.5. The van der Waals surface area contributed by atoms with Gasteiger partial charge in [-0.3, -0.25) is 9.59 Å². The highest BCUT2D eigenvalue weighted by Gasteiger charge is 2.38. The second-order valence-electron chi connectivity index (χ2n) is 6.43. The molecule has 1 aliphatic rings. The molecule has 2 N–H and O–H groups in total. The van der Waals surface area contributed by atoms with Crippen molar-refractivity contribution < 1.29 is 19.5 Å². The number of carboxylic acid groups (broad SMARTS) is 1. The molecular formula is C20H20N2O4. The summed E-state index contributed by atoms with van der Waals surface area (Å²) in [6, 6.07) is 15.0. The summed E-state index contributed by atoms with van der Waals surface area (Å²) in [5, 5.41) is 11.7. The van der Waals surface area contributed by atoms with Gasteiger partial charge in [0.15, 0.2) is 0 Å². The van der Waals surface area contributed by atoms with Crippen LogP contribution >= 0.6 is 0 Å². The van der Waals surface area contributed by atoms with Gasteiger partial charge in [-0.2, -0.15) is 0 Å². The average molecular weight is 352 g/mol. The molecule has 3 rings (SSSR count). The SMILES string of the molecule is CC1CC(NC(=O)Cc2ccc(C(=O)O)cc2)C(=O)N1c1ccccc1. The number of carbonyl (C=O) groups excluding carboxylic acids is 2. The summed E-state index contributed by atoms with van der Waals surface area (Å²) in [5.74, 6) is -1.38. The molecule has 2 amide bonds. The zero-order valence-electron chi connectivity index (χ0n) is 14.4. The second kappa shape index (κ2) is 7.39. The zero-order valence-corrected chi connectivity index (χ0v) is 14.4. The lowest BCUT2D eigenvalue weighted by atomic mass is 10.1. The van der Waals surface area contributed by atoms with Gasteiger partial charge in [0.1, 0.15) is 6.04 Å². The van der Waals surface area contributed by atoms with Crippen molar-refractivity contribution in [1.29, 1.82) is 0 Å². The standard InChI is InChI=1S/C20H20N2O4/c1-13-11-17(19(24)22(13)16-5-3-2-4-6-16)21-18(23)12-14-7-9-15(10-8-14)20(25)26/h2-10,13,17H,11-12H2,1H3,(H,21,23)(H,25,26). The van der Waals surface area contributed by atoms with Gasteiger partial charge < -0.3 is 15.3 Å². The predicted molar refractivity (Wildman–Crippen MR) is 97.0 cm³/mol. The molecule has 2 unspecified atom stereocenters. The number of benzene rings is 2. The normalized spacial score (nSPS) is 19.4. The Balaban J connectivity index is 1.63. The number of nitrogens with zero attached hydrogens (tertiary/aromatic N) is 1. The quantitative estimate of drug-likeness (QED) is 0.864. The van der Waals surface area contributed by atoms with E-state index in [4.69, 9.17) is 5.11 Å². The van der Waals surface area contributed by atoms with Gasteiger partial charge in [-0.1, -0.05) is 30.3 Å². The Morgan fingerprint density at radius 1 is 1.12 bits per heavy atom. The Hall–Kier alpha value is -3.15. The van der Waals surface area contributed by atoms with E-state index in [-0.39, 0.29) is 29.8 Å². The first kappa shape index (κ1) is 17.7. The fraction of sp³-hybridized carbons (Fsp3) is 0.250. The van der Waals surface area contributed by atoms with E-state index in [1.54, 1.807) is 17.0 Å². The van der Waals surface area contributed by atoms with Crippen molar-refractivity contribution >= 4 is 23.5 Å². The van der Waals surface area contributed by atoms with Crippen LogP contribution in [0.4, 0.5) is 5.69 Å². The van der Waals surface area contributed by atoms with Gasteiger partial charge in [0.2, 0.25) is 11.8 Å². The number of carboxylic acids is 1. The Bertz CT molecular complexity index is 817. The molecule has 0 saturated carbocycles. The van der Waals surface area contributed by atoms with Gasteiger partial charge in [-0.05, 0) is 43.2 Å². The van der Waals surface area contributed by atoms with Crippen LogP contribution < -0.4 is 10.2 Å². The molecule has 1 heterocycles. The maximum absolute atomic E-state index is 12.7. The predicted octanol–water partition coefficient (Wildman–Crippen LogP) is 2.24. The van der Waals surface area contributed by atoms with Crippen molar-refractivity contribution in [2.45, 2.75) is 31.8 Å². The summed E-state index contributed by atoms with van der Waals surface area (Å²) in [6.45, 7) is 1.96. The van der Waals surface area contributed by atoms with Crippen LogP contribution in [0.3, 0.4) is 0 Å². The second-order valence-corrected chi connectivity index (χ2v) is 6.43. The molecule has 0 aliphatic carbocycles. The molecular weight excluding hydrogens is 332 g/mol. The largest absolute Gasteiger partial charge is 0.478 e. The molecule has 134 valence electrons. The summed E-state index contributed by atoms with van der Waals surface area (Å²) in [4.78, 5) is 37.5. The van der Waals surface area contributed by atoms with Crippen LogP contribution in [-0.4, -0.2) is 35.0 Å². The summed E-state index contributed by atoms with van der Waals surface area (Å²) in [6.07, 6.45) is 0.654. The molecule has 0 bridgehead atoms. The van der Waals surface area contributed by atoms with Gasteiger partial charge in [-0.15, -0.1) is 0 Å². The Morgan fingerprint density at radius 3 is 2.38 bits per heavy atom. The maximum atomic E-state index is 12.7. The van der Waals surface area contributed by atoms with Gasteiger partial charge in [0.25, 0.3) is 0 Å². The molecule has 0 radical (unpaired) electrons. The van der Waals surface area contributed by atoms with E-state index in [2.05, 4.69) is 5.32 Å². The summed E-state index contributed by atoms with van der Waals surface area (Å²) in [7, 11) is 0. The Labute approximate surface area is 151 Å². The third-order valence-corrected chi connectivity index (χ3v) is 4.49. The van der Waals surface area contributed by atoms with Crippen molar-refractivity contribution in [2.75, 3.05) is 4.90 Å². The molecule has 0 aromatic heterocycles. The zero-order chi connectivity index (χ0) is 18.7. The van der Waals surface area contributed by atoms with Gasteiger partial charge in [-0.25, -0.2) is 4.79 Å². The molecule has 0 spiro atoms. The minimum absolute atomic E-state index is 0.00468. The smallest absolute Gasteiger partial charge is 0.335 e. The number of anilines is 1. The molecule has 1 fully saturated rings. The van der Waals surface area contributed by atoms with E-state index >= 15 is 0 Å². The summed E-state index contributed by atoms with van der Waals surface area (Å²) < 4.78 is 0. The topological polar surface area (TPSA) is 86.7 Å². The minimum Gasteiger partial charge on any atom is -0.478 e. The number of hydrogen-bond donors (Lipinski definition) is 2. The summed E-state index contributed by atoms with van der Waals surface area (Å²) in [5.41, 5.74) is 1.70. The molecule has 1 saturated heterocycles. The number of para-hydroxylation sites is 1. The van der Waals surface area contributed by atoms with Crippen molar-refractivity contribution in [3.8, 4) is 0 Å². The van der Waals surface area contributed by atoms with Crippen molar-refractivity contribution in [2.24, 2.45) is 0 Å². The lowest BCUT2D eigenvalue weighted by Gasteiger charge is -2.21. The minimum atomic E-state index is -1.01. The molecule has 1 aliphatic heterocycles. The van der Waals surface area contributed by atoms with Crippen LogP contribution in [0.2, 0.25) is 0 Å². The Morgan fingerprint density at radius 2 is 1.77 bits per heavy atom. The van der Waals surface area contributed by atoms with Crippen LogP contribution in [0, 0.1) is 0 Å². The lowest BCUT2D eigenvalue weighted by molar-refractivity contribution is -0.126. The molecule has 2 aromatic carbocycles. The third kappa shape index (κ3) is 3.74. The van der Waals surface area contributed by atoms with Crippen molar-refractivity contribution in [1.82, 2.24) is 5.32 Å². The third-order valence-electron chi connectivity index (χ3n) is 4.49. The van der Waals surface area contributed by atoms with E-state index in [0.29, 0.717) is 12.0 Å². The van der Waals surface area contributed by atoms with Gasteiger partial charge in [0.05, 0.1) is 12.0 Å². The first-order valence-corrected chi connectivity index (χ1v) is 8.45. The number of amides is 2. The Kier molecular flexibility index (Phi) is 5.02. The van der Waals surface area contributed by atoms with Crippen LogP contribution in [0.5, 0.6) is 0 Å². The van der Waals surface area contributed by atoms with Gasteiger partial charge >= 0.3 is 5.97 Å². The fourth-order valence-electron chi connectivity index (χ4n) is 3.22. The molecule has 2 aromatic rings. The highest BCUT2D eigenvalue weighted by atomic mass is 16.4. The van der Waals surface area contributed by atoms with E-state index in [9.17, 15) is 14.4 Å². The number of rotatable bonds is 5. The molecule has 6 heteroatoms. The lowest BCUT2D eigenvalue weighted by Crippen LogP contribution is -2.42. The van der Waals surface area contributed by atoms with Crippen LogP contribution in [0.1, 0.15) is 29.3 Å². The molecule has 26 heavy (non-hydrogen) atoms. The van der Waals surface area contributed by atoms with Crippen LogP contribution in [-0.2, 0) is 16.0 Å². The number of nitrogens with one attached hydrogen (secondary N) is 1. The first-order valence-electron chi connectivity index (χ1n) is 8.45. The average Bonchev–Trinajstić information content (AvgIpc) is 2.89. The van der Waals surface area contributed by atoms with E-state index in [0.717, 1.165) is 5.69 Å². The van der Waals surface area contributed by atoms with Gasteiger partial charge in [0, 0.05) is 11.7 Å². The van der Waals surface area contributed by atoms with Crippen LogP contribution in [0.25, 0.3) is 0 Å². The van der Waals surface area contributed by atoms with E-state index in [1.165, 1.54) is 12.1 Å². The number of carbonyl (C=O) groups is 3. The molecule has 2 atom stereocenters. The fourth-order valence-corrected chi connectivity index (χ4v) is 3.22.